The Bertz CT molecular complexity index is 964. The van der Waals surface area contributed by atoms with Gasteiger partial charge in [0.05, 0.1) is 17.0 Å². The number of aryl methyl sites for hydroxylation is 1. The maximum absolute atomic E-state index is 12.5. The number of anilines is 1. The van der Waals surface area contributed by atoms with Crippen molar-refractivity contribution in [1.82, 2.24) is 4.90 Å². The van der Waals surface area contributed by atoms with Crippen molar-refractivity contribution < 1.29 is 23.9 Å². The number of nitrogens with zero attached hydrogens (tertiary/aromatic N) is 2. The van der Waals surface area contributed by atoms with Gasteiger partial charge in [0.1, 0.15) is 0 Å². The number of imide groups is 1. The minimum Gasteiger partial charge on any atom is -0.443 e. The lowest BCUT2D eigenvalue weighted by Gasteiger charge is -2.18. The van der Waals surface area contributed by atoms with Crippen LogP contribution in [0.5, 0.6) is 0 Å². The summed E-state index contributed by atoms with van der Waals surface area (Å²) in [5.74, 6) is -2.36. The van der Waals surface area contributed by atoms with Gasteiger partial charge in [0.2, 0.25) is 5.91 Å². The lowest BCUT2D eigenvalue weighted by molar-refractivity contribution is -0.151. The third-order valence-electron chi connectivity index (χ3n) is 5.33. The first-order valence-electron chi connectivity index (χ1n) is 9.50. The zero-order chi connectivity index (χ0) is 20.5. The second-order valence-corrected chi connectivity index (χ2v) is 7.10. The van der Waals surface area contributed by atoms with Crippen molar-refractivity contribution >= 4 is 29.4 Å². The van der Waals surface area contributed by atoms with Crippen molar-refractivity contribution in [2.45, 2.75) is 19.8 Å². The molecule has 0 saturated carbocycles. The van der Waals surface area contributed by atoms with Gasteiger partial charge in [-0.15, -0.1) is 0 Å². The number of ether oxygens (including phenoxy) is 1. The highest BCUT2D eigenvalue weighted by Gasteiger charge is 2.39. The Morgan fingerprint density at radius 2 is 1.62 bits per heavy atom. The summed E-state index contributed by atoms with van der Waals surface area (Å²) < 4.78 is 5.22. The van der Waals surface area contributed by atoms with Gasteiger partial charge in [-0.3, -0.25) is 19.2 Å². The summed E-state index contributed by atoms with van der Waals surface area (Å²) in [6, 6.07) is 14.1. The molecule has 0 unspecified atom stereocenters. The molecule has 0 spiro atoms. The molecule has 0 N–H and O–H groups in total. The van der Waals surface area contributed by atoms with Gasteiger partial charge < -0.3 is 9.64 Å². The van der Waals surface area contributed by atoms with E-state index in [4.69, 9.17) is 4.74 Å². The van der Waals surface area contributed by atoms with Gasteiger partial charge >= 0.3 is 5.97 Å². The van der Waals surface area contributed by atoms with E-state index in [1.165, 1.54) is 0 Å². The Morgan fingerprint density at radius 1 is 1.00 bits per heavy atom. The van der Waals surface area contributed by atoms with Gasteiger partial charge in [-0.2, -0.15) is 0 Å². The summed E-state index contributed by atoms with van der Waals surface area (Å²) >= 11 is 0. The van der Waals surface area contributed by atoms with Crippen molar-refractivity contribution in [1.29, 1.82) is 0 Å². The fourth-order valence-electron chi connectivity index (χ4n) is 3.63. The topological polar surface area (TPSA) is 84.0 Å². The molecule has 1 atom stereocenters. The normalized spacial score (nSPS) is 18.4. The number of fused-ring (bicyclic) bond motifs is 1. The zero-order valence-electron chi connectivity index (χ0n) is 16.0. The van der Waals surface area contributed by atoms with Crippen LogP contribution < -0.4 is 4.90 Å². The zero-order valence-corrected chi connectivity index (χ0v) is 16.0. The number of rotatable bonds is 5. The predicted molar refractivity (Wildman–Crippen MR) is 104 cm³/mol. The minimum absolute atomic E-state index is 0.0382. The molecule has 4 rings (SSSR count). The van der Waals surface area contributed by atoms with Gasteiger partial charge in [-0.1, -0.05) is 31.2 Å². The molecule has 7 heteroatoms. The van der Waals surface area contributed by atoms with Crippen LogP contribution in [0.3, 0.4) is 0 Å². The Hall–Kier alpha value is -3.48. The van der Waals surface area contributed by atoms with E-state index in [2.05, 4.69) is 6.92 Å². The maximum Gasteiger partial charge on any atom is 0.313 e. The van der Waals surface area contributed by atoms with Crippen LogP contribution in [0.2, 0.25) is 0 Å². The maximum atomic E-state index is 12.5. The first-order chi connectivity index (χ1) is 14.0. The molecule has 2 aromatic carbocycles. The Labute approximate surface area is 167 Å². The van der Waals surface area contributed by atoms with Crippen LogP contribution >= 0.6 is 0 Å². The third kappa shape index (κ3) is 3.40. The van der Waals surface area contributed by atoms with Crippen molar-refractivity contribution in [3.63, 3.8) is 0 Å². The highest BCUT2D eigenvalue weighted by Crippen LogP contribution is 2.27. The molecule has 0 radical (unpaired) electrons. The predicted octanol–water partition coefficient (Wildman–Crippen LogP) is 2.40. The molecular formula is C22H20N2O5. The van der Waals surface area contributed by atoms with Gasteiger partial charge in [-0.25, -0.2) is 4.90 Å². The average molecular weight is 392 g/mol. The Morgan fingerprint density at radius 3 is 2.21 bits per heavy atom. The van der Waals surface area contributed by atoms with Crippen LogP contribution in [0, 0.1) is 5.92 Å². The van der Waals surface area contributed by atoms with Crippen molar-refractivity contribution in [2.75, 3.05) is 18.2 Å². The number of amides is 3. The smallest absolute Gasteiger partial charge is 0.313 e. The van der Waals surface area contributed by atoms with Crippen LogP contribution in [-0.4, -0.2) is 41.9 Å². The molecule has 1 fully saturated rings. The molecule has 3 amide bonds. The molecule has 0 aliphatic carbocycles. The lowest BCUT2D eigenvalue weighted by Crippen LogP contribution is -2.35. The van der Waals surface area contributed by atoms with E-state index in [0.717, 1.165) is 22.6 Å². The van der Waals surface area contributed by atoms with E-state index in [1.807, 2.05) is 24.3 Å². The number of benzene rings is 2. The van der Waals surface area contributed by atoms with Gasteiger partial charge in [0.25, 0.3) is 11.8 Å². The van der Waals surface area contributed by atoms with E-state index in [-0.39, 0.29) is 18.9 Å². The SMILES string of the molecule is CCc1ccc(N2C[C@@H](C(=O)OCN3C(=O)c4ccccc4C3=O)CC2=O)cc1. The number of hydrogen-bond donors (Lipinski definition) is 0. The van der Waals surface area contributed by atoms with Gasteiger partial charge in [-0.05, 0) is 36.2 Å². The third-order valence-corrected chi connectivity index (χ3v) is 5.33. The molecule has 148 valence electrons. The summed E-state index contributed by atoms with van der Waals surface area (Å²) in [5, 5.41) is 0. The Kier molecular flexibility index (Phi) is 4.88. The second-order valence-electron chi connectivity index (χ2n) is 7.10. The number of carbonyl (C=O) groups excluding carboxylic acids is 4. The van der Waals surface area contributed by atoms with Gasteiger partial charge in [0.15, 0.2) is 6.73 Å². The molecule has 2 aliphatic heterocycles. The largest absolute Gasteiger partial charge is 0.443 e. The molecule has 2 aromatic rings. The molecule has 0 bridgehead atoms. The Balaban J connectivity index is 1.38. The lowest BCUT2D eigenvalue weighted by atomic mass is 10.1. The minimum atomic E-state index is -0.636. The molecule has 1 saturated heterocycles. The van der Waals surface area contributed by atoms with Crippen LogP contribution in [0.1, 0.15) is 39.6 Å². The highest BCUT2D eigenvalue weighted by atomic mass is 16.5. The number of carbonyl (C=O) groups is 4. The summed E-state index contributed by atoms with van der Waals surface area (Å²) in [6.07, 6.45) is 0.942. The summed E-state index contributed by atoms with van der Waals surface area (Å²) in [7, 11) is 0. The molecule has 0 aromatic heterocycles. The standard InChI is InChI=1S/C22H20N2O5/c1-2-14-7-9-16(10-8-14)23-12-15(11-19(23)25)22(28)29-13-24-20(26)17-5-3-4-6-18(17)21(24)27/h3-10,15H,2,11-13H2,1H3/t15-/m0/s1. The summed E-state index contributed by atoms with van der Waals surface area (Å²) in [4.78, 5) is 52.0. The summed E-state index contributed by atoms with van der Waals surface area (Å²) in [6.45, 7) is 1.81. The van der Waals surface area contributed by atoms with Crippen LogP contribution in [-0.2, 0) is 20.7 Å². The number of esters is 1. The second kappa shape index (κ2) is 7.50. The molecule has 2 aliphatic rings. The van der Waals surface area contributed by atoms with E-state index < -0.39 is 30.4 Å². The monoisotopic (exact) mass is 392 g/mol. The van der Waals surface area contributed by atoms with Crippen LogP contribution in [0.25, 0.3) is 0 Å². The van der Waals surface area contributed by atoms with E-state index in [0.29, 0.717) is 11.1 Å². The fraction of sp³-hybridized carbons (Fsp3) is 0.273. The van der Waals surface area contributed by atoms with E-state index in [9.17, 15) is 19.2 Å². The van der Waals surface area contributed by atoms with Crippen molar-refractivity contribution in [3.05, 3.63) is 65.2 Å². The molecule has 2 heterocycles. The highest BCUT2D eigenvalue weighted by molar-refractivity contribution is 6.21. The molecule has 7 nitrogen and oxygen atoms in total. The van der Waals surface area contributed by atoms with Crippen LogP contribution in [0.4, 0.5) is 5.69 Å². The first kappa shape index (κ1) is 18.9. The van der Waals surface area contributed by atoms with E-state index >= 15 is 0 Å². The number of hydrogen-bond acceptors (Lipinski definition) is 5. The molecular weight excluding hydrogens is 372 g/mol. The van der Waals surface area contributed by atoms with Crippen LogP contribution in [0.15, 0.2) is 48.5 Å². The molecule has 29 heavy (non-hydrogen) atoms. The quantitative estimate of drug-likeness (QED) is 0.576. The van der Waals surface area contributed by atoms with Crippen molar-refractivity contribution in [2.24, 2.45) is 5.92 Å². The average Bonchev–Trinajstić information content (AvgIpc) is 3.25. The first-order valence-corrected chi connectivity index (χ1v) is 9.50. The fourth-order valence-corrected chi connectivity index (χ4v) is 3.63. The van der Waals surface area contributed by atoms with E-state index in [1.54, 1.807) is 29.2 Å². The summed E-state index contributed by atoms with van der Waals surface area (Å²) in [5.41, 5.74) is 2.50. The van der Waals surface area contributed by atoms with Gasteiger partial charge in [0, 0.05) is 18.7 Å². The van der Waals surface area contributed by atoms with Crippen molar-refractivity contribution in [3.8, 4) is 0 Å².